The lowest BCUT2D eigenvalue weighted by molar-refractivity contribution is -0.137. The number of hydrogen-bond acceptors (Lipinski definition) is 2. The zero-order chi connectivity index (χ0) is 12.4. The van der Waals surface area contributed by atoms with Crippen molar-refractivity contribution in [2.75, 3.05) is 0 Å². The molecule has 1 N–H and O–H groups in total. The van der Waals surface area contributed by atoms with Crippen LogP contribution in [0.25, 0.3) is 10.9 Å². The second-order valence-corrected chi connectivity index (χ2v) is 4.46. The second-order valence-electron chi connectivity index (χ2n) is 4.46. The Bertz CT molecular complexity index is 563. The highest BCUT2D eigenvalue weighted by Crippen LogP contribution is 2.23. The molecule has 0 aliphatic rings. The lowest BCUT2D eigenvalue weighted by Gasteiger charge is -2.10. The number of aromatic nitrogens is 1. The van der Waals surface area contributed by atoms with Gasteiger partial charge in [-0.25, -0.2) is 0 Å². The lowest BCUT2D eigenvalue weighted by atomic mass is 9.96. The van der Waals surface area contributed by atoms with Crippen molar-refractivity contribution >= 4 is 16.9 Å². The van der Waals surface area contributed by atoms with E-state index in [4.69, 9.17) is 5.11 Å². The first-order chi connectivity index (χ1) is 8.06. The van der Waals surface area contributed by atoms with E-state index in [-0.39, 0.29) is 12.3 Å². The molecule has 0 bridgehead atoms. The van der Waals surface area contributed by atoms with Gasteiger partial charge >= 0.3 is 5.97 Å². The summed E-state index contributed by atoms with van der Waals surface area (Å²) in [5, 5.41) is 9.86. The maximum atomic E-state index is 10.7. The molecular formula is C14H15NO2. The molecule has 1 heterocycles. The van der Waals surface area contributed by atoms with E-state index in [0.717, 1.165) is 22.0 Å². The van der Waals surface area contributed by atoms with Crippen LogP contribution in [0.15, 0.2) is 30.5 Å². The predicted octanol–water partition coefficient (Wildman–Crippen LogP) is 3.12. The largest absolute Gasteiger partial charge is 0.481 e. The summed E-state index contributed by atoms with van der Waals surface area (Å²) in [7, 11) is 0. The molecule has 88 valence electrons. The van der Waals surface area contributed by atoms with Gasteiger partial charge in [0.15, 0.2) is 0 Å². The van der Waals surface area contributed by atoms with Crippen LogP contribution in [-0.4, -0.2) is 16.1 Å². The van der Waals surface area contributed by atoms with Crippen molar-refractivity contribution in [2.24, 2.45) is 0 Å². The number of rotatable bonds is 3. The zero-order valence-electron chi connectivity index (χ0n) is 9.97. The molecule has 0 fully saturated rings. The molecule has 0 aliphatic carbocycles. The van der Waals surface area contributed by atoms with Crippen LogP contribution in [0.2, 0.25) is 0 Å². The highest BCUT2D eigenvalue weighted by atomic mass is 16.4. The molecule has 17 heavy (non-hydrogen) atoms. The average molecular weight is 229 g/mol. The number of pyridine rings is 1. The Kier molecular flexibility index (Phi) is 3.09. The molecule has 1 atom stereocenters. The molecule has 2 aromatic rings. The molecule has 0 amide bonds. The summed E-state index contributed by atoms with van der Waals surface area (Å²) < 4.78 is 0. The minimum absolute atomic E-state index is 0.0254. The lowest BCUT2D eigenvalue weighted by Crippen LogP contribution is -2.02. The van der Waals surface area contributed by atoms with Gasteiger partial charge in [-0.05, 0) is 42.2 Å². The van der Waals surface area contributed by atoms with Crippen LogP contribution < -0.4 is 0 Å². The Hall–Kier alpha value is -1.90. The molecule has 1 aromatic heterocycles. The number of hydrogen-bond donors (Lipinski definition) is 1. The first-order valence-corrected chi connectivity index (χ1v) is 5.64. The van der Waals surface area contributed by atoms with Gasteiger partial charge in [-0.3, -0.25) is 9.78 Å². The Morgan fingerprint density at radius 3 is 2.88 bits per heavy atom. The molecule has 0 saturated carbocycles. The summed E-state index contributed by atoms with van der Waals surface area (Å²) in [4.78, 5) is 15.0. The van der Waals surface area contributed by atoms with Crippen molar-refractivity contribution in [3.05, 3.63) is 41.6 Å². The van der Waals surface area contributed by atoms with Crippen molar-refractivity contribution in [1.82, 2.24) is 4.98 Å². The first-order valence-electron chi connectivity index (χ1n) is 5.64. The van der Waals surface area contributed by atoms with Crippen LogP contribution >= 0.6 is 0 Å². The van der Waals surface area contributed by atoms with Crippen LogP contribution in [0, 0.1) is 6.92 Å². The smallest absolute Gasteiger partial charge is 0.303 e. The summed E-state index contributed by atoms with van der Waals surface area (Å²) in [6.45, 7) is 3.93. The van der Waals surface area contributed by atoms with Gasteiger partial charge < -0.3 is 5.11 Å². The molecule has 0 radical (unpaired) electrons. The van der Waals surface area contributed by atoms with Gasteiger partial charge in [0.25, 0.3) is 0 Å². The van der Waals surface area contributed by atoms with E-state index in [2.05, 4.69) is 11.1 Å². The number of benzene rings is 1. The maximum Gasteiger partial charge on any atom is 0.303 e. The highest BCUT2D eigenvalue weighted by Gasteiger charge is 2.10. The van der Waals surface area contributed by atoms with E-state index in [1.54, 1.807) is 0 Å². The van der Waals surface area contributed by atoms with E-state index in [1.807, 2.05) is 38.2 Å². The summed E-state index contributed by atoms with van der Waals surface area (Å²) in [6, 6.07) is 8.00. The SMILES string of the molecule is Cc1cnc2ccc(C(C)CC(=O)O)cc2c1. The molecule has 0 saturated heterocycles. The molecular weight excluding hydrogens is 214 g/mol. The van der Waals surface area contributed by atoms with Crippen molar-refractivity contribution < 1.29 is 9.90 Å². The van der Waals surface area contributed by atoms with Gasteiger partial charge in [0, 0.05) is 11.6 Å². The number of carbonyl (C=O) groups is 1. The number of fused-ring (bicyclic) bond motifs is 1. The maximum absolute atomic E-state index is 10.7. The fraction of sp³-hybridized carbons (Fsp3) is 0.286. The molecule has 1 aromatic carbocycles. The summed E-state index contributed by atoms with van der Waals surface area (Å²) in [6.07, 6.45) is 1.99. The second kappa shape index (κ2) is 4.53. The van der Waals surface area contributed by atoms with Gasteiger partial charge in [-0.1, -0.05) is 13.0 Å². The molecule has 0 spiro atoms. The van der Waals surface area contributed by atoms with E-state index >= 15 is 0 Å². The molecule has 1 unspecified atom stereocenters. The molecule has 0 aliphatic heterocycles. The summed E-state index contributed by atoms with van der Waals surface area (Å²) in [5.41, 5.74) is 3.11. The zero-order valence-corrected chi connectivity index (χ0v) is 9.97. The van der Waals surface area contributed by atoms with Gasteiger partial charge in [0.2, 0.25) is 0 Å². The van der Waals surface area contributed by atoms with E-state index in [0.29, 0.717) is 0 Å². The predicted molar refractivity (Wildman–Crippen MR) is 67.1 cm³/mol. The van der Waals surface area contributed by atoms with Crippen LogP contribution in [0.3, 0.4) is 0 Å². The number of aliphatic carboxylic acids is 1. The number of carboxylic acids is 1. The van der Waals surface area contributed by atoms with Crippen molar-refractivity contribution in [1.29, 1.82) is 0 Å². The van der Waals surface area contributed by atoms with Crippen molar-refractivity contribution in [3.8, 4) is 0 Å². The molecule has 3 heteroatoms. The quantitative estimate of drug-likeness (QED) is 0.879. The number of aryl methyl sites for hydroxylation is 1. The number of carboxylic acid groups (broad SMARTS) is 1. The first kappa shape index (κ1) is 11.6. The summed E-state index contributed by atoms with van der Waals surface area (Å²) in [5.74, 6) is -0.739. The topological polar surface area (TPSA) is 50.2 Å². The van der Waals surface area contributed by atoms with E-state index in [9.17, 15) is 4.79 Å². The Morgan fingerprint density at radius 1 is 1.41 bits per heavy atom. The number of nitrogens with zero attached hydrogens (tertiary/aromatic N) is 1. The Morgan fingerprint density at radius 2 is 2.18 bits per heavy atom. The van der Waals surface area contributed by atoms with Gasteiger partial charge in [0.1, 0.15) is 0 Å². The van der Waals surface area contributed by atoms with Crippen molar-refractivity contribution in [2.45, 2.75) is 26.2 Å². The van der Waals surface area contributed by atoms with E-state index < -0.39 is 5.97 Å². The third kappa shape index (κ3) is 2.61. The Balaban J connectivity index is 2.39. The minimum Gasteiger partial charge on any atom is -0.481 e. The highest BCUT2D eigenvalue weighted by molar-refractivity contribution is 5.80. The fourth-order valence-electron chi connectivity index (χ4n) is 1.95. The Labute approximate surface area is 100 Å². The standard InChI is InChI=1S/C14H15NO2/c1-9-5-12-7-11(10(2)6-14(16)17)3-4-13(12)15-8-9/h3-5,7-8,10H,6H2,1-2H3,(H,16,17). The van der Waals surface area contributed by atoms with Gasteiger partial charge in [-0.2, -0.15) is 0 Å². The van der Waals surface area contributed by atoms with Gasteiger partial charge in [0.05, 0.1) is 11.9 Å². The van der Waals surface area contributed by atoms with Gasteiger partial charge in [-0.15, -0.1) is 0 Å². The monoisotopic (exact) mass is 229 g/mol. The minimum atomic E-state index is -0.764. The van der Waals surface area contributed by atoms with Crippen LogP contribution in [0.4, 0.5) is 0 Å². The molecule has 3 nitrogen and oxygen atoms in total. The normalized spacial score (nSPS) is 12.6. The van der Waals surface area contributed by atoms with Crippen LogP contribution in [0.5, 0.6) is 0 Å². The third-order valence-corrected chi connectivity index (χ3v) is 2.89. The molecule has 2 rings (SSSR count). The summed E-state index contributed by atoms with van der Waals surface area (Å²) >= 11 is 0. The van der Waals surface area contributed by atoms with Crippen LogP contribution in [0.1, 0.15) is 30.4 Å². The average Bonchev–Trinajstić information content (AvgIpc) is 2.27. The van der Waals surface area contributed by atoms with E-state index in [1.165, 1.54) is 0 Å². The van der Waals surface area contributed by atoms with Crippen LogP contribution in [-0.2, 0) is 4.79 Å². The fourth-order valence-corrected chi connectivity index (χ4v) is 1.95. The third-order valence-electron chi connectivity index (χ3n) is 2.89. The van der Waals surface area contributed by atoms with Crippen molar-refractivity contribution in [3.63, 3.8) is 0 Å².